The van der Waals surface area contributed by atoms with E-state index < -0.39 is 0 Å². The van der Waals surface area contributed by atoms with Crippen molar-refractivity contribution in [2.75, 3.05) is 27.3 Å². The van der Waals surface area contributed by atoms with Crippen LogP contribution in [0.5, 0.6) is 11.5 Å². The molecule has 164 valence electrons. The van der Waals surface area contributed by atoms with Crippen LogP contribution in [0.15, 0.2) is 48.0 Å². The second kappa shape index (κ2) is 9.56. The summed E-state index contributed by atoms with van der Waals surface area (Å²) in [5.74, 6) is 2.40. The van der Waals surface area contributed by atoms with E-state index in [9.17, 15) is 4.79 Å². The van der Waals surface area contributed by atoms with Crippen molar-refractivity contribution in [2.45, 2.75) is 39.2 Å². The number of methoxy groups -OCH3 is 2. The van der Waals surface area contributed by atoms with E-state index in [4.69, 9.17) is 14.2 Å². The summed E-state index contributed by atoms with van der Waals surface area (Å²) in [6.07, 6.45) is 4.07. The van der Waals surface area contributed by atoms with E-state index in [0.717, 1.165) is 62.2 Å². The smallest absolute Gasteiger partial charge is 0.308 e. The summed E-state index contributed by atoms with van der Waals surface area (Å²) in [4.78, 5) is 14.4. The summed E-state index contributed by atoms with van der Waals surface area (Å²) in [6.45, 7) is 4.68. The number of ether oxygens (including phenoxy) is 3. The molecule has 1 heterocycles. The molecule has 5 nitrogen and oxygen atoms in total. The van der Waals surface area contributed by atoms with Gasteiger partial charge < -0.3 is 14.2 Å². The fraction of sp³-hybridized carbons (Fsp3) is 0.423. The maximum absolute atomic E-state index is 11.8. The minimum Gasteiger partial charge on any atom is -0.493 e. The standard InChI is InChI=1S/C26H31NO4/c1-18(28)31-26-22(14-21-15-24(29-2)25(30-3)16-23(21)26)13-19-9-11-27(12-10-19)17-20-7-5-4-6-8-20/h4-8,15-16,19H,9-14,17H2,1-3H3. The minimum absolute atomic E-state index is 0.284. The molecular formula is C26H31NO4. The number of carbonyl (C=O) groups is 1. The van der Waals surface area contributed by atoms with Gasteiger partial charge >= 0.3 is 5.97 Å². The van der Waals surface area contributed by atoms with Crippen LogP contribution < -0.4 is 9.47 Å². The number of fused-ring (bicyclic) bond motifs is 1. The molecule has 1 aliphatic heterocycles. The largest absolute Gasteiger partial charge is 0.493 e. The highest BCUT2D eigenvalue weighted by Gasteiger charge is 2.29. The van der Waals surface area contributed by atoms with Crippen molar-refractivity contribution in [2.24, 2.45) is 5.92 Å². The Morgan fingerprint density at radius 3 is 2.35 bits per heavy atom. The lowest BCUT2D eigenvalue weighted by molar-refractivity contribution is -0.134. The van der Waals surface area contributed by atoms with Crippen LogP contribution in [0.3, 0.4) is 0 Å². The summed E-state index contributed by atoms with van der Waals surface area (Å²) in [5.41, 5.74) is 4.66. The van der Waals surface area contributed by atoms with Crippen LogP contribution in [0.4, 0.5) is 0 Å². The topological polar surface area (TPSA) is 48.0 Å². The maximum atomic E-state index is 11.8. The number of hydrogen-bond donors (Lipinski definition) is 0. The summed E-state index contributed by atoms with van der Waals surface area (Å²) in [7, 11) is 3.27. The summed E-state index contributed by atoms with van der Waals surface area (Å²) < 4.78 is 16.6. The zero-order chi connectivity index (χ0) is 21.8. The molecule has 2 aromatic rings. The highest BCUT2D eigenvalue weighted by molar-refractivity contribution is 5.82. The van der Waals surface area contributed by atoms with Gasteiger partial charge in [0.05, 0.1) is 14.2 Å². The Labute approximate surface area is 184 Å². The van der Waals surface area contributed by atoms with Crippen molar-refractivity contribution in [1.29, 1.82) is 0 Å². The molecule has 0 atom stereocenters. The first-order valence-electron chi connectivity index (χ1n) is 11.0. The number of carbonyl (C=O) groups excluding carboxylic acids is 1. The molecule has 2 aliphatic rings. The number of likely N-dealkylation sites (tertiary alicyclic amines) is 1. The highest BCUT2D eigenvalue weighted by Crippen LogP contribution is 2.43. The molecule has 5 heteroatoms. The number of esters is 1. The SMILES string of the molecule is COc1cc2c(cc1OC)C(OC(C)=O)=C(CC1CCN(Cc3ccccc3)CC1)C2. The summed E-state index contributed by atoms with van der Waals surface area (Å²) in [6, 6.07) is 14.6. The first-order chi connectivity index (χ1) is 15.1. The molecule has 0 saturated carbocycles. The van der Waals surface area contributed by atoms with Gasteiger partial charge in [0.2, 0.25) is 0 Å². The van der Waals surface area contributed by atoms with Crippen LogP contribution in [0, 0.1) is 5.92 Å². The summed E-state index contributed by atoms with van der Waals surface area (Å²) in [5, 5.41) is 0. The van der Waals surface area contributed by atoms with E-state index in [2.05, 4.69) is 35.2 Å². The second-order valence-corrected chi connectivity index (χ2v) is 8.48. The van der Waals surface area contributed by atoms with Crippen molar-refractivity contribution < 1.29 is 19.0 Å². The van der Waals surface area contributed by atoms with Crippen molar-refractivity contribution in [1.82, 2.24) is 4.90 Å². The Morgan fingerprint density at radius 1 is 1.03 bits per heavy atom. The van der Waals surface area contributed by atoms with Crippen LogP contribution in [0.2, 0.25) is 0 Å². The van der Waals surface area contributed by atoms with Gasteiger partial charge in [-0.15, -0.1) is 0 Å². The maximum Gasteiger partial charge on any atom is 0.308 e. The predicted octanol–water partition coefficient (Wildman–Crippen LogP) is 4.84. The molecule has 0 bridgehead atoms. The fourth-order valence-electron chi connectivity index (χ4n) is 4.75. The van der Waals surface area contributed by atoms with E-state index in [1.54, 1.807) is 14.2 Å². The van der Waals surface area contributed by atoms with E-state index in [-0.39, 0.29) is 5.97 Å². The van der Waals surface area contributed by atoms with Gasteiger partial charge in [-0.3, -0.25) is 9.69 Å². The Hall–Kier alpha value is -2.79. The lowest BCUT2D eigenvalue weighted by Crippen LogP contribution is -2.33. The number of benzene rings is 2. The quantitative estimate of drug-likeness (QED) is 0.599. The highest BCUT2D eigenvalue weighted by atomic mass is 16.5. The molecule has 0 spiro atoms. The van der Waals surface area contributed by atoms with Crippen LogP contribution in [0.1, 0.15) is 42.9 Å². The summed E-state index contributed by atoms with van der Waals surface area (Å²) >= 11 is 0. The van der Waals surface area contributed by atoms with Gasteiger partial charge in [0, 0.05) is 19.0 Å². The lowest BCUT2D eigenvalue weighted by Gasteiger charge is -2.32. The lowest BCUT2D eigenvalue weighted by atomic mass is 9.89. The van der Waals surface area contributed by atoms with E-state index in [1.807, 2.05) is 12.1 Å². The van der Waals surface area contributed by atoms with Gasteiger partial charge in [-0.25, -0.2) is 0 Å². The number of rotatable bonds is 7. The number of piperidine rings is 1. The first-order valence-corrected chi connectivity index (χ1v) is 11.0. The molecular weight excluding hydrogens is 390 g/mol. The molecule has 31 heavy (non-hydrogen) atoms. The zero-order valence-corrected chi connectivity index (χ0v) is 18.6. The number of allylic oxidation sites excluding steroid dienone is 1. The predicted molar refractivity (Wildman–Crippen MR) is 121 cm³/mol. The molecule has 0 amide bonds. The number of nitrogens with zero attached hydrogens (tertiary/aromatic N) is 1. The van der Waals surface area contributed by atoms with Gasteiger partial charge in [-0.1, -0.05) is 30.3 Å². The molecule has 2 aromatic carbocycles. The molecule has 0 N–H and O–H groups in total. The van der Waals surface area contributed by atoms with Crippen LogP contribution in [-0.4, -0.2) is 38.2 Å². The minimum atomic E-state index is -0.284. The van der Waals surface area contributed by atoms with Crippen LogP contribution in [0.25, 0.3) is 5.76 Å². The average molecular weight is 422 g/mol. The monoisotopic (exact) mass is 421 g/mol. The Bertz CT molecular complexity index is 959. The third-order valence-electron chi connectivity index (χ3n) is 6.32. The van der Waals surface area contributed by atoms with E-state index in [1.165, 1.54) is 18.1 Å². The van der Waals surface area contributed by atoms with E-state index >= 15 is 0 Å². The molecule has 0 unspecified atom stereocenters. The third-order valence-corrected chi connectivity index (χ3v) is 6.32. The number of hydrogen-bond acceptors (Lipinski definition) is 5. The molecule has 4 rings (SSSR count). The van der Waals surface area contributed by atoms with Crippen molar-refractivity contribution in [3.8, 4) is 11.5 Å². The van der Waals surface area contributed by atoms with Crippen molar-refractivity contribution in [3.63, 3.8) is 0 Å². The van der Waals surface area contributed by atoms with Gasteiger partial charge in [0.25, 0.3) is 0 Å². The Kier molecular flexibility index (Phi) is 6.62. The fourth-order valence-corrected chi connectivity index (χ4v) is 4.75. The third kappa shape index (κ3) is 4.93. The van der Waals surface area contributed by atoms with Gasteiger partial charge in [0.1, 0.15) is 5.76 Å². The van der Waals surface area contributed by atoms with Crippen LogP contribution >= 0.6 is 0 Å². The Balaban J connectivity index is 1.45. The average Bonchev–Trinajstić information content (AvgIpc) is 3.10. The molecule has 0 aromatic heterocycles. The van der Waals surface area contributed by atoms with Crippen molar-refractivity contribution in [3.05, 3.63) is 64.7 Å². The molecule has 1 saturated heterocycles. The zero-order valence-electron chi connectivity index (χ0n) is 18.6. The first kappa shape index (κ1) is 21.4. The normalized spacial score (nSPS) is 16.9. The molecule has 1 fully saturated rings. The Morgan fingerprint density at radius 2 is 1.71 bits per heavy atom. The van der Waals surface area contributed by atoms with Gasteiger partial charge in [-0.05, 0) is 73.5 Å². The second-order valence-electron chi connectivity index (χ2n) is 8.48. The molecule has 0 radical (unpaired) electrons. The molecule has 1 aliphatic carbocycles. The van der Waals surface area contributed by atoms with Gasteiger partial charge in [0.15, 0.2) is 11.5 Å². The van der Waals surface area contributed by atoms with Crippen LogP contribution in [-0.2, 0) is 22.5 Å². The van der Waals surface area contributed by atoms with Crippen molar-refractivity contribution >= 4 is 11.7 Å². The van der Waals surface area contributed by atoms with E-state index in [0.29, 0.717) is 17.4 Å². The van der Waals surface area contributed by atoms with Gasteiger partial charge in [-0.2, -0.15) is 0 Å².